The summed E-state index contributed by atoms with van der Waals surface area (Å²) in [5, 5.41) is 0. The normalized spacial score (nSPS) is 11.3. The van der Waals surface area contributed by atoms with Gasteiger partial charge in [-0.05, 0) is 17.5 Å². The number of hydrogen-bond donors (Lipinski definition) is 2. The first-order valence-corrected chi connectivity index (χ1v) is 4.28. The van der Waals surface area contributed by atoms with Crippen LogP contribution in [0.3, 0.4) is 0 Å². The number of rotatable bonds is 1. The number of H-pyrrole nitrogens is 1. The first-order valence-electron chi connectivity index (χ1n) is 4.28. The van der Waals surface area contributed by atoms with E-state index in [1.807, 2.05) is 6.07 Å². The van der Waals surface area contributed by atoms with Gasteiger partial charge < -0.3 is 10.7 Å². The van der Waals surface area contributed by atoms with Gasteiger partial charge in [-0.3, -0.25) is 0 Å². The van der Waals surface area contributed by atoms with Gasteiger partial charge in [-0.1, -0.05) is 13.8 Å². The highest BCUT2D eigenvalue weighted by molar-refractivity contribution is 5.77. The first kappa shape index (κ1) is 8.04. The maximum Gasteiger partial charge on any atom is 0.199 e. The number of anilines is 1. The first-order chi connectivity index (χ1) is 6.18. The van der Waals surface area contributed by atoms with Crippen LogP contribution in [0.1, 0.15) is 25.3 Å². The van der Waals surface area contributed by atoms with E-state index < -0.39 is 0 Å². The van der Waals surface area contributed by atoms with Gasteiger partial charge in [0, 0.05) is 6.20 Å². The van der Waals surface area contributed by atoms with Crippen LogP contribution in [0.25, 0.3) is 11.2 Å². The lowest BCUT2D eigenvalue weighted by atomic mass is 10.0. The maximum absolute atomic E-state index is 5.55. The molecule has 0 saturated carbocycles. The number of fused-ring (bicyclic) bond motifs is 1. The third kappa shape index (κ3) is 1.24. The Kier molecular flexibility index (Phi) is 1.69. The summed E-state index contributed by atoms with van der Waals surface area (Å²) >= 11 is 0. The lowest BCUT2D eigenvalue weighted by Crippen LogP contribution is -1.90. The molecule has 13 heavy (non-hydrogen) atoms. The summed E-state index contributed by atoms with van der Waals surface area (Å²) in [6, 6.07) is 1.98. The van der Waals surface area contributed by atoms with Gasteiger partial charge in [-0.25, -0.2) is 9.97 Å². The summed E-state index contributed by atoms with van der Waals surface area (Å²) in [5.41, 5.74) is 8.38. The minimum Gasteiger partial charge on any atom is -0.369 e. The van der Waals surface area contributed by atoms with Gasteiger partial charge in [0.15, 0.2) is 11.6 Å². The largest absolute Gasteiger partial charge is 0.369 e. The second kappa shape index (κ2) is 2.73. The zero-order chi connectivity index (χ0) is 9.42. The summed E-state index contributed by atoms with van der Waals surface area (Å²) < 4.78 is 0. The van der Waals surface area contributed by atoms with E-state index >= 15 is 0 Å². The Bertz CT molecular complexity index is 430. The number of hydrogen-bond acceptors (Lipinski definition) is 3. The Labute approximate surface area is 76.2 Å². The van der Waals surface area contributed by atoms with E-state index in [0.29, 0.717) is 11.9 Å². The van der Waals surface area contributed by atoms with E-state index in [0.717, 1.165) is 11.2 Å². The number of nitrogen functional groups attached to an aromatic ring is 1. The standard InChI is InChI=1S/C9H12N4/c1-5(2)6-3-4-11-8-7(6)12-9(10)13-8/h3-5H,1-2H3,(H3,10,11,12,13). The fourth-order valence-corrected chi connectivity index (χ4v) is 1.41. The Morgan fingerprint density at radius 3 is 2.92 bits per heavy atom. The smallest absolute Gasteiger partial charge is 0.199 e. The number of nitrogens with zero attached hydrogens (tertiary/aromatic N) is 2. The van der Waals surface area contributed by atoms with Gasteiger partial charge in [-0.15, -0.1) is 0 Å². The zero-order valence-electron chi connectivity index (χ0n) is 7.70. The fraction of sp³-hybridized carbons (Fsp3) is 0.333. The number of pyridine rings is 1. The quantitative estimate of drug-likeness (QED) is 0.694. The molecule has 3 N–H and O–H groups in total. The molecule has 0 spiro atoms. The molecule has 0 fully saturated rings. The highest BCUT2D eigenvalue weighted by atomic mass is 15.1. The molecule has 4 heteroatoms. The van der Waals surface area contributed by atoms with Crippen LogP contribution in [0.4, 0.5) is 5.95 Å². The highest BCUT2D eigenvalue weighted by Crippen LogP contribution is 2.22. The summed E-state index contributed by atoms with van der Waals surface area (Å²) in [6.45, 7) is 4.25. The Balaban J connectivity index is 2.75. The van der Waals surface area contributed by atoms with Crippen LogP contribution >= 0.6 is 0 Å². The average molecular weight is 176 g/mol. The second-order valence-electron chi connectivity index (χ2n) is 3.37. The van der Waals surface area contributed by atoms with Crippen molar-refractivity contribution >= 4 is 17.1 Å². The second-order valence-corrected chi connectivity index (χ2v) is 3.37. The Hall–Kier alpha value is -1.58. The van der Waals surface area contributed by atoms with Crippen molar-refractivity contribution in [2.75, 3.05) is 5.73 Å². The summed E-state index contributed by atoms with van der Waals surface area (Å²) in [5.74, 6) is 0.865. The monoisotopic (exact) mass is 176 g/mol. The lowest BCUT2D eigenvalue weighted by Gasteiger charge is -2.03. The van der Waals surface area contributed by atoms with Crippen LogP contribution in [0.15, 0.2) is 12.3 Å². The van der Waals surface area contributed by atoms with Gasteiger partial charge in [0.2, 0.25) is 0 Å². The van der Waals surface area contributed by atoms with E-state index in [-0.39, 0.29) is 0 Å². The number of aromatic nitrogens is 3. The number of nitrogens with two attached hydrogens (primary N) is 1. The van der Waals surface area contributed by atoms with Crippen molar-refractivity contribution < 1.29 is 0 Å². The fourth-order valence-electron chi connectivity index (χ4n) is 1.41. The van der Waals surface area contributed by atoms with Crippen LogP contribution in [0, 0.1) is 0 Å². The topological polar surface area (TPSA) is 67.6 Å². The molecule has 0 aliphatic carbocycles. The Morgan fingerprint density at radius 2 is 2.23 bits per heavy atom. The molecule has 4 nitrogen and oxygen atoms in total. The van der Waals surface area contributed by atoms with Gasteiger partial charge in [0.1, 0.15) is 5.52 Å². The summed E-state index contributed by atoms with van der Waals surface area (Å²) in [6.07, 6.45) is 1.77. The van der Waals surface area contributed by atoms with Crippen LogP contribution in [-0.2, 0) is 0 Å². The predicted octanol–water partition coefficient (Wildman–Crippen LogP) is 1.66. The van der Waals surface area contributed by atoms with Gasteiger partial charge in [-0.2, -0.15) is 0 Å². The molecule has 2 rings (SSSR count). The van der Waals surface area contributed by atoms with Crippen molar-refractivity contribution in [2.45, 2.75) is 19.8 Å². The molecular weight excluding hydrogens is 164 g/mol. The minimum absolute atomic E-state index is 0.426. The summed E-state index contributed by atoms with van der Waals surface area (Å²) in [4.78, 5) is 11.3. The molecule has 0 saturated heterocycles. The highest BCUT2D eigenvalue weighted by Gasteiger charge is 2.08. The van der Waals surface area contributed by atoms with Crippen LogP contribution in [-0.4, -0.2) is 15.0 Å². The van der Waals surface area contributed by atoms with E-state index in [1.165, 1.54) is 5.56 Å². The van der Waals surface area contributed by atoms with Crippen LogP contribution in [0.2, 0.25) is 0 Å². The molecule has 0 atom stereocenters. The molecule has 0 radical (unpaired) electrons. The molecule has 68 valence electrons. The SMILES string of the molecule is CC(C)c1ccnc2[nH]c(N)nc12. The van der Waals surface area contributed by atoms with Crippen molar-refractivity contribution in [1.82, 2.24) is 15.0 Å². The van der Waals surface area contributed by atoms with Crippen molar-refractivity contribution in [3.8, 4) is 0 Å². The van der Waals surface area contributed by atoms with Gasteiger partial charge >= 0.3 is 0 Å². The third-order valence-corrected chi connectivity index (χ3v) is 2.06. The minimum atomic E-state index is 0.426. The Morgan fingerprint density at radius 1 is 1.46 bits per heavy atom. The van der Waals surface area contributed by atoms with Crippen LogP contribution < -0.4 is 5.73 Å². The number of imidazole rings is 1. The predicted molar refractivity (Wildman–Crippen MR) is 52.4 cm³/mol. The molecular formula is C9H12N4. The van der Waals surface area contributed by atoms with Crippen molar-refractivity contribution in [3.05, 3.63) is 17.8 Å². The van der Waals surface area contributed by atoms with Crippen molar-refractivity contribution in [2.24, 2.45) is 0 Å². The van der Waals surface area contributed by atoms with E-state index in [9.17, 15) is 0 Å². The number of aromatic amines is 1. The lowest BCUT2D eigenvalue weighted by molar-refractivity contribution is 0.871. The maximum atomic E-state index is 5.55. The molecule has 0 aliphatic heterocycles. The average Bonchev–Trinajstić information content (AvgIpc) is 2.43. The zero-order valence-corrected chi connectivity index (χ0v) is 7.70. The van der Waals surface area contributed by atoms with Gasteiger partial charge in [0.25, 0.3) is 0 Å². The molecule has 2 heterocycles. The van der Waals surface area contributed by atoms with Crippen molar-refractivity contribution in [3.63, 3.8) is 0 Å². The third-order valence-electron chi connectivity index (χ3n) is 2.06. The number of nitrogens with one attached hydrogen (secondary N) is 1. The molecule has 0 aromatic carbocycles. The van der Waals surface area contributed by atoms with E-state index in [2.05, 4.69) is 28.8 Å². The molecule has 2 aromatic heterocycles. The molecule has 0 aliphatic rings. The van der Waals surface area contributed by atoms with E-state index in [4.69, 9.17) is 5.73 Å². The van der Waals surface area contributed by atoms with Gasteiger partial charge in [0.05, 0.1) is 0 Å². The molecule has 0 bridgehead atoms. The van der Waals surface area contributed by atoms with Crippen LogP contribution in [0.5, 0.6) is 0 Å². The molecule has 0 amide bonds. The van der Waals surface area contributed by atoms with E-state index in [1.54, 1.807) is 6.20 Å². The van der Waals surface area contributed by atoms with Crippen molar-refractivity contribution in [1.29, 1.82) is 0 Å². The molecule has 0 unspecified atom stereocenters. The summed E-state index contributed by atoms with van der Waals surface area (Å²) in [7, 11) is 0. The molecule has 2 aromatic rings.